The molecule has 0 saturated carbocycles. The van der Waals surface area contributed by atoms with Crippen LogP contribution in [0.4, 0.5) is 5.69 Å². The molecular formula is C13H14N2O2. The van der Waals surface area contributed by atoms with Crippen molar-refractivity contribution in [2.45, 2.75) is 6.92 Å². The minimum Gasteiger partial charge on any atom is -0.463 e. The molecule has 1 rings (SSSR count). The van der Waals surface area contributed by atoms with Gasteiger partial charge in [0.25, 0.3) is 0 Å². The first-order valence-corrected chi connectivity index (χ1v) is 5.27. The summed E-state index contributed by atoms with van der Waals surface area (Å²) < 4.78 is 4.81. The molecule has 0 radical (unpaired) electrons. The molecule has 0 aliphatic carbocycles. The molecule has 0 heterocycles. The second kappa shape index (κ2) is 6.33. The van der Waals surface area contributed by atoms with Crippen molar-refractivity contribution in [3.63, 3.8) is 0 Å². The number of nitrogens with one attached hydrogen (secondary N) is 1. The predicted molar refractivity (Wildman–Crippen MR) is 65.4 cm³/mol. The van der Waals surface area contributed by atoms with E-state index in [0.717, 1.165) is 0 Å². The Hall–Kier alpha value is -2.28. The number of carbonyl (C=O) groups excluding carboxylic acids is 1. The minimum atomic E-state index is -0.422. The fourth-order valence-corrected chi connectivity index (χ4v) is 1.24. The van der Waals surface area contributed by atoms with E-state index in [1.54, 1.807) is 25.1 Å². The maximum Gasteiger partial charge on any atom is 0.335 e. The first-order valence-electron chi connectivity index (χ1n) is 5.27. The molecule has 0 amide bonds. The number of nitriles is 1. The molecule has 1 aromatic carbocycles. The summed E-state index contributed by atoms with van der Waals surface area (Å²) in [6, 6.07) is 9.14. The molecule has 1 N–H and O–H groups in total. The maximum absolute atomic E-state index is 11.3. The Labute approximate surface area is 101 Å². The van der Waals surface area contributed by atoms with Crippen LogP contribution in [0.5, 0.6) is 0 Å². The smallest absolute Gasteiger partial charge is 0.335 e. The summed E-state index contributed by atoms with van der Waals surface area (Å²) in [6.07, 6.45) is 0. The Morgan fingerprint density at radius 2 is 2.24 bits per heavy atom. The molecule has 4 heteroatoms. The summed E-state index contributed by atoms with van der Waals surface area (Å²) >= 11 is 0. The Bertz CT molecular complexity index is 461. The summed E-state index contributed by atoms with van der Waals surface area (Å²) in [7, 11) is 0. The number of hydrogen-bond donors (Lipinski definition) is 1. The van der Waals surface area contributed by atoms with Gasteiger partial charge < -0.3 is 10.1 Å². The molecule has 0 bridgehead atoms. The van der Waals surface area contributed by atoms with Gasteiger partial charge in [-0.1, -0.05) is 18.7 Å². The van der Waals surface area contributed by atoms with Gasteiger partial charge in [0.1, 0.15) is 6.07 Å². The SMILES string of the molecule is C=C(CNc1ccccc1C#N)C(=O)OCC. The highest BCUT2D eigenvalue weighted by atomic mass is 16.5. The molecule has 0 aromatic heterocycles. The lowest BCUT2D eigenvalue weighted by Crippen LogP contribution is -2.15. The summed E-state index contributed by atoms with van der Waals surface area (Å²) in [6.45, 7) is 5.95. The van der Waals surface area contributed by atoms with Crippen molar-refractivity contribution in [1.82, 2.24) is 0 Å². The number of ether oxygens (including phenoxy) is 1. The summed E-state index contributed by atoms with van der Waals surface area (Å²) in [5.74, 6) is -0.422. The molecular weight excluding hydrogens is 216 g/mol. The average Bonchev–Trinajstić information content (AvgIpc) is 2.36. The largest absolute Gasteiger partial charge is 0.463 e. The van der Waals surface area contributed by atoms with E-state index in [4.69, 9.17) is 10.00 Å². The molecule has 4 nitrogen and oxygen atoms in total. The van der Waals surface area contributed by atoms with Gasteiger partial charge in [-0.2, -0.15) is 5.26 Å². The highest BCUT2D eigenvalue weighted by molar-refractivity contribution is 5.88. The standard InChI is InChI=1S/C13H14N2O2/c1-3-17-13(16)10(2)9-15-12-7-5-4-6-11(12)8-14/h4-7,15H,2-3,9H2,1H3. The van der Waals surface area contributed by atoms with Gasteiger partial charge in [-0.3, -0.25) is 0 Å². The van der Waals surface area contributed by atoms with Crippen LogP contribution in [-0.2, 0) is 9.53 Å². The number of hydrogen-bond acceptors (Lipinski definition) is 4. The van der Waals surface area contributed by atoms with Gasteiger partial charge in [0.15, 0.2) is 0 Å². The predicted octanol–water partition coefficient (Wildman–Crippen LogP) is 2.09. The van der Waals surface area contributed by atoms with Crippen LogP contribution in [0.15, 0.2) is 36.4 Å². The Morgan fingerprint density at radius 1 is 1.53 bits per heavy atom. The van der Waals surface area contributed by atoms with Crippen molar-refractivity contribution in [3.8, 4) is 6.07 Å². The van der Waals surface area contributed by atoms with Crippen molar-refractivity contribution in [2.24, 2.45) is 0 Å². The van der Waals surface area contributed by atoms with Crippen molar-refractivity contribution >= 4 is 11.7 Å². The summed E-state index contributed by atoms with van der Waals surface area (Å²) in [4.78, 5) is 11.3. The van der Waals surface area contributed by atoms with Gasteiger partial charge >= 0.3 is 5.97 Å². The normalized spacial score (nSPS) is 9.18. The number of anilines is 1. The van der Waals surface area contributed by atoms with Crippen LogP contribution in [0.3, 0.4) is 0 Å². The van der Waals surface area contributed by atoms with Crippen LogP contribution in [-0.4, -0.2) is 19.1 Å². The van der Waals surface area contributed by atoms with Crippen LogP contribution in [0, 0.1) is 11.3 Å². The highest BCUT2D eigenvalue weighted by Crippen LogP contribution is 2.13. The molecule has 0 saturated heterocycles. The van der Waals surface area contributed by atoms with Crippen molar-refractivity contribution < 1.29 is 9.53 Å². The molecule has 0 unspecified atom stereocenters. The third-order valence-electron chi connectivity index (χ3n) is 2.10. The number of para-hydroxylation sites is 1. The van der Waals surface area contributed by atoms with Crippen LogP contribution in [0.1, 0.15) is 12.5 Å². The van der Waals surface area contributed by atoms with Crippen LogP contribution < -0.4 is 5.32 Å². The first kappa shape index (κ1) is 12.8. The molecule has 1 aromatic rings. The van der Waals surface area contributed by atoms with E-state index in [2.05, 4.69) is 18.0 Å². The van der Waals surface area contributed by atoms with E-state index in [1.165, 1.54) is 0 Å². The van der Waals surface area contributed by atoms with Crippen molar-refractivity contribution in [2.75, 3.05) is 18.5 Å². The lowest BCUT2D eigenvalue weighted by Gasteiger charge is -2.09. The van der Waals surface area contributed by atoms with E-state index >= 15 is 0 Å². The third kappa shape index (κ3) is 3.65. The van der Waals surface area contributed by atoms with E-state index in [1.807, 2.05) is 6.07 Å². The van der Waals surface area contributed by atoms with Crippen molar-refractivity contribution in [3.05, 3.63) is 42.0 Å². The maximum atomic E-state index is 11.3. The third-order valence-corrected chi connectivity index (χ3v) is 2.10. The molecule has 0 aliphatic heterocycles. The zero-order valence-electron chi connectivity index (χ0n) is 9.69. The van der Waals surface area contributed by atoms with Gasteiger partial charge in [0.05, 0.1) is 17.9 Å². The van der Waals surface area contributed by atoms with Gasteiger partial charge in [-0.25, -0.2) is 4.79 Å². The number of benzene rings is 1. The zero-order valence-corrected chi connectivity index (χ0v) is 9.69. The molecule has 0 fully saturated rings. The van der Waals surface area contributed by atoms with Crippen LogP contribution >= 0.6 is 0 Å². The second-order valence-corrected chi connectivity index (χ2v) is 3.33. The summed E-state index contributed by atoms with van der Waals surface area (Å²) in [5, 5.41) is 11.9. The summed E-state index contributed by atoms with van der Waals surface area (Å²) in [5.41, 5.74) is 1.55. The first-order chi connectivity index (χ1) is 8.19. The average molecular weight is 230 g/mol. The van der Waals surface area contributed by atoms with Gasteiger partial charge in [0, 0.05) is 12.1 Å². The van der Waals surface area contributed by atoms with Crippen LogP contribution in [0.25, 0.3) is 0 Å². The number of rotatable bonds is 5. The fraction of sp³-hybridized carbons (Fsp3) is 0.231. The minimum absolute atomic E-state index is 0.261. The second-order valence-electron chi connectivity index (χ2n) is 3.33. The molecule has 0 spiro atoms. The topological polar surface area (TPSA) is 62.1 Å². The molecule has 0 atom stereocenters. The fourth-order valence-electron chi connectivity index (χ4n) is 1.24. The van der Waals surface area contributed by atoms with E-state index in [-0.39, 0.29) is 6.54 Å². The Morgan fingerprint density at radius 3 is 2.88 bits per heavy atom. The zero-order chi connectivity index (χ0) is 12.7. The Kier molecular flexibility index (Phi) is 4.77. The highest BCUT2D eigenvalue weighted by Gasteiger charge is 2.08. The van der Waals surface area contributed by atoms with Gasteiger partial charge in [-0.05, 0) is 19.1 Å². The molecule has 88 valence electrons. The Balaban J connectivity index is 2.59. The van der Waals surface area contributed by atoms with Gasteiger partial charge in [-0.15, -0.1) is 0 Å². The van der Waals surface area contributed by atoms with E-state index in [0.29, 0.717) is 23.4 Å². The number of carbonyl (C=O) groups is 1. The molecule has 17 heavy (non-hydrogen) atoms. The lowest BCUT2D eigenvalue weighted by molar-refractivity contribution is -0.138. The van der Waals surface area contributed by atoms with Gasteiger partial charge in [0.2, 0.25) is 0 Å². The van der Waals surface area contributed by atoms with Crippen LogP contribution in [0.2, 0.25) is 0 Å². The quantitative estimate of drug-likeness (QED) is 0.621. The number of esters is 1. The van der Waals surface area contributed by atoms with E-state index in [9.17, 15) is 4.79 Å². The van der Waals surface area contributed by atoms with Crippen molar-refractivity contribution in [1.29, 1.82) is 5.26 Å². The molecule has 0 aliphatic rings. The lowest BCUT2D eigenvalue weighted by atomic mass is 10.2. The van der Waals surface area contributed by atoms with E-state index < -0.39 is 5.97 Å². The monoisotopic (exact) mass is 230 g/mol. The number of nitrogens with zero attached hydrogens (tertiary/aromatic N) is 1.